The van der Waals surface area contributed by atoms with Crippen LogP contribution in [0.2, 0.25) is 0 Å². The molecule has 7 nitrogen and oxygen atoms in total. The quantitative estimate of drug-likeness (QED) is 0.641. The Morgan fingerprint density at radius 3 is 2.38 bits per heavy atom. The minimum Gasteiger partial charge on any atom is -0.348 e. The van der Waals surface area contributed by atoms with Gasteiger partial charge in [-0.05, 0) is 43.4 Å². The van der Waals surface area contributed by atoms with Gasteiger partial charge in [-0.2, -0.15) is 4.31 Å². The molecule has 162 valence electrons. The molecule has 0 aromatic heterocycles. The number of benzene rings is 1. The molecule has 2 saturated heterocycles. The van der Waals surface area contributed by atoms with Crippen LogP contribution in [0, 0.1) is 0 Å². The second-order valence-electron chi connectivity index (χ2n) is 7.49. The van der Waals surface area contributed by atoms with E-state index in [0.29, 0.717) is 44.0 Å². The summed E-state index contributed by atoms with van der Waals surface area (Å²) in [6.45, 7) is 6.47. The molecule has 1 aromatic carbocycles. The van der Waals surface area contributed by atoms with Gasteiger partial charge in [-0.25, -0.2) is 8.42 Å². The van der Waals surface area contributed by atoms with Gasteiger partial charge < -0.3 is 14.4 Å². The Hall–Kier alpha value is -1.48. The molecule has 0 saturated carbocycles. The summed E-state index contributed by atoms with van der Waals surface area (Å²) in [5.74, 6) is 0.105. The maximum atomic E-state index is 12.8. The second kappa shape index (κ2) is 10.0. The van der Waals surface area contributed by atoms with Gasteiger partial charge in [0, 0.05) is 26.1 Å². The summed E-state index contributed by atoms with van der Waals surface area (Å²) in [6, 6.07) is 6.89. The van der Waals surface area contributed by atoms with E-state index in [1.54, 1.807) is 24.3 Å². The summed E-state index contributed by atoms with van der Waals surface area (Å²) in [5.41, 5.74) is 0.957. The van der Waals surface area contributed by atoms with Crippen LogP contribution in [0.25, 0.3) is 0 Å². The minimum absolute atomic E-state index is 0.000314. The summed E-state index contributed by atoms with van der Waals surface area (Å²) < 4.78 is 37.9. The van der Waals surface area contributed by atoms with Gasteiger partial charge in [0.2, 0.25) is 15.9 Å². The minimum atomic E-state index is -3.45. The number of nitrogens with zero attached hydrogens (tertiary/aromatic N) is 2. The lowest BCUT2D eigenvalue weighted by atomic mass is 10.00. The first-order valence-electron chi connectivity index (χ1n) is 10.6. The molecule has 8 heteroatoms. The number of hydrogen-bond donors (Lipinski definition) is 0. The summed E-state index contributed by atoms with van der Waals surface area (Å²) in [7, 11) is -3.45. The van der Waals surface area contributed by atoms with Crippen molar-refractivity contribution in [3.8, 4) is 0 Å². The van der Waals surface area contributed by atoms with Crippen LogP contribution >= 0.6 is 0 Å². The Bertz CT molecular complexity index is 771. The van der Waals surface area contributed by atoms with Crippen molar-refractivity contribution in [2.45, 2.75) is 63.2 Å². The molecular formula is C21H32N2O5S. The van der Waals surface area contributed by atoms with Gasteiger partial charge in [0.1, 0.15) is 0 Å². The normalized spacial score (nSPS) is 21.1. The van der Waals surface area contributed by atoms with Crippen LogP contribution in [0.4, 0.5) is 0 Å². The zero-order valence-corrected chi connectivity index (χ0v) is 18.2. The molecule has 1 aromatic rings. The predicted octanol–water partition coefficient (Wildman–Crippen LogP) is 2.40. The van der Waals surface area contributed by atoms with Crippen molar-refractivity contribution in [2.75, 3.05) is 32.8 Å². The smallest absolute Gasteiger partial charge is 0.243 e. The van der Waals surface area contributed by atoms with Gasteiger partial charge in [-0.3, -0.25) is 4.79 Å². The average Bonchev–Trinajstić information content (AvgIpc) is 3.28. The first kappa shape index (κ1) is 22.2. The SMILES string of the molecule is CCN(CC)S(=O)(=O)c1ccc(CCC(=O)N2CCCCC2C2OCCO2)cc1. The van der Waals surface area contributed by atoms with Gasteiger partial charge in [0.05, 0.1) is 24.2 Å². The molecule has 0 spiro atoms. The van der Waals surface area contributed by atoms with E-state index in [-0.39, 0.29) is 18.2 Å². The van der Waals surface area contributed by atoms with Crippen molar-refractivity contribution in [1.29, 1.82) is 0 Å². The third kappa shape index (κ3) is 5.17. The molecule has 3 rings (SSSR count). The molecule has 1 unspecified atom stereocenters. The topological polar surface area (TPSA) is 76.2 Å². The lowest BCUT2D eigenvalue weighted by Crippen LogP contribution is -2.50. The van der Waals surface area contributed by atoms with E-state index < -0.39 is 10.0 Å². The first-order valence-corrected chi connectivity index (χ1v) is 12.0. The van der Waals surface area contributed by atoms with Crippen molar-refractivity contribution in [1.82, 2.24) is 9.21 Å². The largest absolute Gasteiger partial charge is 0.348 e. The zero-order chi connectivity index (χ0) is 20.9. The maximum Gasteiger partial charge on any atom is 0.243 e. The van der Waals surface area contributed by atoms with Gasteiger partial charge in [0.15, 0.2) is 6.29 Å². The van der Waals surface area contributed by atoms with Gasteiger partial charge >= 0.3 is 0 Å². The lowest BCUT2D eigenvalue weighted by Gasteiger charge is -2.38. The van der Waals surface area contributed by atoms with Gasteiger partial charge in [0.25, 0.3) is 0 Å². The number of piperidine rings is 1. The number of amides is 1. The molecule has 0 bridgehead atoms. The lowest BCUT2D eigenvalue weighted by molar-refractivity contribution is -0.150. The maximum absolute atomic E-state index is 12.8. The van der Waals surface area contributed by atoms with E-state index in [2.05, 4.69) is 0 Å². The van der Waals surface area contributed by atoms with E-state index >= 15 is 0 Å². The molecule has 2 aliphatic rings. The van der Waals surface area contributed by atoms with Crippen LogP contribution in [0.15, 0.2) is 29.2 Å². The second-order valence-corrected chi connectivity index (χ2v) is 9.43. The van der Waals surface area contributed by atoms with Crippen molar-refractivity contribution < 1.29 is 22.7 Å². The van der Waals surface area contributed by atoms with Crippen molar-refractivity contribution in [3.05, 3.63) is 29.8 Å². The van der Waals surface area contributed by atoms with E-state index in [1.807, 2.05) is 18.7 Å². The highest BCUT2D eigenvalue weighted by Crippen LogP contribution is 2.25. The van der Waals surface area contributed by atoms with Gasteiger partial charge in [-0.1, -0.05) is 26.0 Å². The molecule has 2 aliphatic heterocycles. The number of carbonyl (C=O) groups excluding carboxylic acids is 1. The number of carbonyl (C=O) groups is 1. The van der Waals surface area contributed by atoms with E-state index in [0.717, 1.165) is 31.4 Å². The third-order valence-corrected chi connectivity index (χ3v) is 7.79. The summed E-state index contributed by atoms with van der Waals surface area (Å²) in [6.07, 6.45) is 3.68. The molecular weight excluding hydrogens is 392 g/mol. The molecule has 2 fully saturated rings. The van der Waals surface area contributed by atoms with Crippen molar-refractivity contribution in [3.63, 3.8) is 0 Å². The van der Waals surface area contributed by atoms with Crippen LogP contribution in [0.1, 0.15) is 45.1 Å². The highest BCUT2D eigenvalue weighted by atomic mass is 32.2. The standard InChI is InChI=1S/C21H32N2O5S/c1-3-22(4-2)29(25,26)18-11-8-17(9-12-18)10-13-20(24)23-14-6-5-7-19(23)21-27-15-16-28-21/h8-9,11-12,19,21H,3-7,10,13-16H2,1-2H3. The fourth-order valence-corrected chi connectivity index (χ4v) is 5.54. The highest BCUT2D eigenvalue weighted by molar-refractivity contribution is 7.89. The zero-order valence-electron chi connectivity index (χ0n) is 17.4. The molecule has 2 heterocycles. The Morgan fingerprint density at radius 1 is 1.10 bits per heavy atom. The van der Waals surface area contributed by atoms with E-state index in [4.69, 9.17) is 9.47 Å². The predicted molar refractivity (Wildman–Crippen MR) is 110 cm³/mol. The van der Waals surface area contributed by atoms with Crippen LogP contribution in [0.5, 0.6) is 0 Å². The molecule has 0 radical (unpaired) electrons. The monoisotopic (exact) mass is 424 g/mol. The molecule has 1 atom stereocenters. The van der Waals surface area contributed by atoms with E-state index in [9.17, 15) is 13.2 Å². The molecule has 0 aliphatic carbocycles. The van der Waals surface area contributed by atoms with Gasteiger partial charge in [-0.15, -0.1) is 0 Å². The number of hydrogen-bond acceptors (Lipinski definition) is 5. The summed E-state index contributed by atoms with van der Waals surface area (Å²) in [5, 5.41) is 0. The van der Waals surface area contributed by atoms with Crippen molar-refractivity contribution >= 4 is 15.9 Å². The van der Waals surface area contributed by atoms with Crippen molar-refractivity contribution in [2.24, 2.45) is 0 Å². The summed E-state index contributed by atoms with van der Waals surface area (Å²) in [4.78, 5) is 15.1. The number of ether oxygens (including phenoxy) is 2. The van der Waals surface area contributed by atoms with Crippen LogP contribution in [0.3, 0.4) is 0 Å². The highest BCUT2D eigenvalue weighted by Gasteiger charge is 2.35. The van der Waals surface area contributed by atoms with E-state index in [1.165, 1.54) is 4.31 Å². The van der Waals surface area contributed by atoms with Crippen LogP contribution in [-0.2, 0) is 30.7 Å². The fraction of sp³-hybridized carbons (Fsp3) is 0.667. The Balaban J connectivity index is 1.60. The summed E-state index contributed by atoms with van der Waals surface area (Å²) >= 11 is 0. The number of likely N-dealkylation sites (tertiary alicyclic amines) is 1. The van der Waals surface area contributed by atoms with Crippen LogP contribution < -0.4 is 0 Å². The average molecular weight is 425 g/mol. The Kier molecular flexibility index (Phi) is 7.67. The molecule has 1 amide bonds. The number of rotatable bonds is 8. The molecule has 0 N–H and O–H groups in total. The fourth-order valence-electron chi connectivity index (χ4n) is 4.08. The Morgan fingerprint density at radius 2 is 1.76 bits per heavy atom. The number of aryl methyl sites for hydroxylation is 1. The third-order valence-electron chi connectivity index (χ3n) is 5.73. The van der Waals surface area contributed by atoms with Crippen LogP contribution in [-0.4, -0.2) is 68.7 Å². The molecule has 29 heavy (non-hydrogen) atoms. The Labute approximate surface area is 174 Å². The number of sulfonamides is 1. The first-order chi connectivity index (χ1) is 14.0.